The first-order chi connectivity index (χ1) is 16.5. The number of pyridine rings is 1. The van der Waals surface area contributed by atoms with Gasteiger partial charge in [-0.1, -0.05) is 23.7 Å². The molecule has 0 saturated heterocycles. The van der Waals surface area contributed by atoms with E-state index in [2.05, 4.69) is 31.4 Å². The number of hydrogen-bond donors (Lipinski definition) is 2. The summed E-state index contributed by atoms with van der Waals surface area (Å²) in [5.41, 5.74) is 5.02. The third kappa shape index (κ3) is 3.93. The maximum absolute atomic E-state index is 12.5. The Bertz CT molecular complexity index is 1490. The first-order valence-electron chi connectivity index (χ1n) is 10.8. The van der Waals surface area contributed by atoms with Crippen LogP contribution in [-0.2, 0) is 6.54 Å². The molecule has 5 rings (SSSR count). The molecule has 3 aromatic heterocycles. The van der Waals surface area contributed by atoms with Gasteiger partial charge in [0.05, 0.1) is 29.4 Å². The molecular formula is C24H23ClN6O3. The topological polar surface area (TPSA) is 105 Å². The number of halogens is 1. The molecule has 4 aromatic rings. The van der Waals surface area contributed by atoms with Crippen molar-refractivity contribution < 1.29 is 9.53 Å². The van der Waals surface area contributed by atoms with Gasteiger partial charge in [-0.3, -0.25) is 19.5 Å². The fourth-order valence-electron chi connectivity index (χ4n) is 4.30. The predicted octanol–water partition coefficient (Wildman–Crippen LogP) is 2.88. The molecule has 9 nitrogen and oxygen atoms in total. The normalized spacial score (nSPS) is 14.4. The number of rotatable bonds is 5. The molecular weight excluding hydrogens is 456 g/mol. The van der Waals surface area contributed by atoms with Crippen LogP contribution in [0.15, 0.2) is 47.5 Å². The molecule has 34 heavy (non-hydrogen) atoms. The monoisotopic (exact) mass is 478 g/mol. The number of aromatic nitrogens is 4. The van der Waals surface area contributed by atoms with Crippen molar-refractivity contribution in [2.45, 2.75) is 13.0 Å². The molecule has 10 heteroatoms. The minimum atomic E-state index is -0.285. The number of methoxy groups -OCH3 is 1. The Morgan fingerprint density at radius 1 is 1.29 bits per heavy atom. The SMILES string of the molecule is CNC(=O)c1ccc(C2=CCN(Cc3cc4[nH]c(=O)c5c(Cl)cnn5c4cc3OC)CC2)cn1. The summed E-state index contributed by atoms with van der Waals surface area (Å²) in [6, 6.07) is 7.49. The van der Waals surface area contributed by atoms with Gasteiger partial charge < -0.3 is 15.0 Å². The molecule has 0 fully saturated rings. The van der Waals surface area contributed by atoms with Crippen LogP contribution < -0.4 is 15.6 Å². The van der Waals surface area contributed by atoms with Crippen LogP contribution in [0.25, 0.3) is 22.1 Å². The summed E-state index contributed by atoms with van der Waals surface area (Å²) in [5, 5.41) is 7.13. The van der Waals surface area contributed by atoms with Crippen LogP contribution in [0, 0.1) is 0 Å². The molecule has 0 aliphatic carbocycles. The number of carbonyl (C=O) groups is 1. The van der Waals surface area contributed by atoms with Gasteiger partial charge in [0, 0.05) is 44.5 Å². The van der Waals surface area contributed by atoms with Gasteiger partial charge in [-0.25, -0.2) is 4.52 Å². The lowest BCUT2D eigenvalue weighted by atomic mass is 10.00. The number of aromatic amines is 1. The van der Waals surface area contributed by atoms with Crippen LogP contribution in [0.3, 0.4) is 0 Å². The average Bonchev–Trinajstić information content (AvgIpc) is 3.26. The number of carbonyl (C=O) groups excluding carboxylic acids is 1. The lowest BCUT2D eigenvalue weighted by Gasteiger charge is -2.27. The molecule has 0 bridgehead atoms. The number of nitrogens with one attached hydrogen (secondary N) is 2. The zero-order valence-electron chi connectivity index (χ0n) is 18.8. The minimum Gasteiger partial charge on any atom is -0.496 e. The zero-order chi connectivity index (χ0) is 23.8. The average molecular weight is 479 g/mol. The number of nitrogens with zero attached hydrogens (tertiary/aromatic N) is 4. The fraction of sp³-hybridized carbons (Fsp3) is 0.250. The minimum absolute atomic E-state index is 0.197. The van der Waals surface area contributed by atoms with E-state index < -0.39 is 0 Å². The highest BCUT2D eigenvalue weighted by Crippen LogP contribution is 2.29. The molecule has 0 unspecified atom stereocenters. The summed E-state index contributed by atoms with van der Waals surface area (Å²) >= 11 is 6.13. The van der Waals surface area contributed by atoms with Gasteiger partial charge in [0.2, 0.25) is 0 Å². The second-order valence-electron chi connectivity index (χ2n) is 8.11. The van der Waals surface area contributed by atoms with E-state index in [9.17, 15) is 9.59 Å². The van der Waals surface area contributed by atoms with Crippen molar-refractivity contribution in [3.8, 4) is 5.75 Å². The molecule has 0 spiro atoms. The van der Waals surface area contributed by atoms with Crippen molar-refractivity contribution in [1.29, 1.82) is 0 Å². The van der Waals surface area contributed by atoms with E-state index in [1.165, 1.54) is 11.8 Å². The van der Waals surface area contributed by atoms with Crippen molar-refractivity contribution in [2.24, 2.45) is 0 Å². The van der Waals surface area contributed by atoms with Crippen LogP contribution in [-0.4, -0.2) is 57.6 Å². The van der Waals surface area contributed by atoms with Gasteiger partial charge in [-0.05, 0) is 29.7 Å². The van der Waals surface area contributed by atoms with Gasteiger partial charge >= 0.3 is 0 Å². The van der Waals surface area contributed by atoms with Gasteiger partial charge in [0.15, 0.2) is 5.52 Å². The summed E-state index contributed by atoms with van der Waals surface area (Å²) in [4.78, 5) is 33.7. The Kier molecular flexibility index (Phi) is 5.80. The van der Waals surface area contributed by atoms with E-state index in [1.54, 1.807) is 30.9 Å². The number of amides is 1. The highest BCUT2D eigenvalue weighted by atomic mass is 35.5. The smallest absolute Gasteiger partial charge is 0.276 e. The molecule has 1 aromatic carbocycles. The summed E-state index contributed by atoms with van der Waals surface area (Å²) in [7, 11) is 3.22. The third-order valence-electron chi connectivity index (χ3n) is 6.10. The van der Waals surface area contributed by atoms with E-state index in [4.69, 9.17) is 16.3 Å². The number of hydrogen-bond acceptors (Lipinski definition) is 6. The molecule has 1 amide bonds. The van der Waals surface area contributed by atoms with Crippen LogP contribution in [0.1, 0.15) is 28.0 Å². The quantitative estimate of drug-likeness (QED) is 0.457. The van der Waals surface area contributed by atoms with Gasteiger partial charge in [0.1, 0.15) is 11.4 Å². The number of ether oxygens (including phenoxy) is 1. The molecule has 2 N–H and O–H groups in total. The van der Waals surface area contributed by atoms with E-state index in [0.717, 1.165) is 41.9 Å². The maximum Gasteiger partial charge on any atom is 0.276 e. The Morgan fingerprint density at radius 2 is 2.15 bits per heavy atom. The summed E-state index contributed by atoms with van der Waals surface area (Å²) < 4.78 is 7.21. The first kappa shape index (κ1) is 22.1. The largest absolute Gasteiger partial charge is 0.496 e. The number of H-pyrrole nitrogens is 1. The number of benzene rings is 1. The Balaban J connectivity index is 1.38. The highest BCUT2D eigenvalue weighted by Gasteiger charge is 2.18. The Hall–Kier alpha value is -3.69. The van der Waals surface area contributed by atoms with Crippen LogP contribution in [0.4, 0.5) is 0 Å². The molecule has 0 radical (unpaired) electrons. The zero-order valence-corrected chi connectivity index (χ0v) is 19.5. The van der Waals surface area contributed by atoms with E-state index in [-0.39, 0.29) is 11.5 Å². The molecule has 1 aliphatic rings. The first-order valence-corrected chi connectivity index (χ1v) is 11.2. The molecule has 0 atom stereocenters. The summed E-state index contributed by atoms with van der Waals surface area (Å²) in [6.45, 7) is 2.28. The second-order valence-corrected chi connectivity index (χ2v) is 8.52. The Labute approximate surface area is 200 Å². The lowest BCUT2D eigenvalue weighted by Crippen LogP contribution is -2.28. The van der Waals surface area contributed by atoms with Gasteiger partial charge in [0.25, 0.3) is 11.5 Å². The van der Waals surface area contributed by atoms with E-state index in [0.29, 0.717) is 28.3 Å². The molecule has 0 saturated carbocycles. The second kappa shape index (κ2) is 8.92. The Morgan fingerprint density at radius 3 is 2.82 bits per heavy atom. The van der Waals surface area contributed by atoms with Gasteiger partial charge in [-0.15, -0.1) is 0 Å². The van der Waals surface area contributed by atoms with Crippen molar-refractivity contribution >= 4 is 39.6 Å². The summed E-state index contributed by atoms with van der Waals surface area (Å²) in [5.74, 6) is 0.522. The molecule has 1 aliphatic heterocycles. The van der Waals surface area contributed by atoms with E-state index in [1.807, 2.05) is 18.2 Å². The van der Waals surface area contributed by atoms with Crippen molar-refractivity contribution in [2.75, 3.05) is 27.2 Å². The van der Waals surface area contributed by atoms with E-state index >= 15 is 0 Å². The lowest BCUT2D eigenvalue weighted by molar-refractivity contribution is 0.0958. The van der Waals surface area contributed by atoms with Crippen molar-refractivity contribution in [3.63, 3.8) is 0 Å². The fourth-order valence-corrected chi connectivity index (χ4v) is 4.51. The van der Waals surface area contributed by atoms with Crippen molar-refractivity contribution in [1.82, 2.24) is 29.8 Å². The maximum atomic E-state index is 12.5. The van der Waals surface area contributed by atoms with Gasteiger partial charge in [-0.2, -0.15) is 5.10 Å². The highest BCUT2D eigenvalue weighted by molar-refractivity contribution is 6.33. The summed E-state index contributed by atoms with van der Waals surface area (Å²) in [6.07, 6.45) is 6.26. The van der Waals surface area contributed by atoms with Crippen LogP contribution in [0.5, 0.6) is 5.75 Å². The predicted molar refractivity (Wildman–Crippen MR) is 130 cm³/mol. The molecule has 4 heterocycles. The van der Waals surface area contributed by atoms with Crippen LogP contribution >= 0.6 is 11.6 Å². The molecule has 174 valence electrons. The standard InChI is InChI=1S/C24H23ClN6O3/c1-26-23(32)18-4-3-15(11-27-18)14-5-7-30(8-6-14)13-16-9-19-20(10-21(16)34-2)31-22(24(33)29-19)17(25)12-28-31/h3-5,9-12H,6-8,13H2,1-2H3,(H,26,32)(H,29,33). The number of fused-ring (bicyclic) bond motifs is 3. The van der Waals surface area contributed by atoms with Crippen molar-refractivity contribution in [3.05, 3.63) is 74.9 Å². The van der Waals surface area contributed by atoms with Crippen LogP contribution in [0.2, 0.25) is 5.02 Å². The third-order valence-corrected chi connectivity index (χ3v) is 6.37.